The fourth-order valence-electron chi connectivity index (χ4n) is 1.86. The molecule has 0 radical (unpaired) electrons. The summed E-state index contributed by atoms with van der Waals surface area (Å²) in [6.07, 6.45) is -3.66. The van der Waals surface area contributed by atoms with E-state index in [1.165, 1.54) is 18.2 Å². The van der Waals surface area contributed by atoms with Gasteiger partial charge in [-0.15, -0.1) is 0 Å². The van der Waals surface area contributed by atoms with Gasteiger partial charge in [-0.2, -0.15) is 13.2 Å². The zero-order valence-corrected chi connectivity index (χ0v) is 10.9. The average Bonchev–Trinajstić information content (AvgIpc) is 3.16. The van der Waals surface area contributed by atoms with Gasteiger partial charge in [0.2, 0.25) is 0 Å². The van der Waals surface area contributed by atoms with E-state index in [4.69, 9.17) is 4.74 Å². The summed E-state index contributed by atoms with van der Waals surface area (Å²) in [5.41, 5.74) is 0.556. The molecule has 1 atom stereocenters. The van der Waals surface area contributed by atoms with Crippen LogP contribution in [0.15, 0.2) is 24.3 Å². The van der Waals surface area contributed by atoms with Crippen LogP contribution in [0.1, 0.15) is 30.9 Å². The first-order valence-electron chi connectivity index (χ1n) is 6.61. The summed E-state index contributed by atoms with van der Waals surface area (Å²) < 4.78 is 54.9. The molecule has 1 aromatic carbocycles. The number of benzene rings is 1. The molecule has 6 heteroatoms. The first-order chi connectivity index (χ1) is 9.44. The van der Waals surface area contributed by atoms with Crippen molar-refractivity contribution in [3.8, 4) is 0 Å². The predicted molar refractivity (Wildman–Crippen MR) is 66.8 cm³/mol. The molecular weight excluding hydrogens is 274 g/mol. The van der Waals surface area contributed by atoms with Gasteiger partial charge in [0.15, 0.2) is 0 Å². The lowest BCUT2D eigenvalue weighted by Crippen LogP contribution is -2.26. The Balaban J connectivity index is 1.92. The largest absolute Gasteiger partial charge is 0.391 e. The molecule has 1 aromatic rings. The van der Waals surface area contributed by atoms with Crippen molar-refractivity contribution in [3.63, 3.8) is 0 Å². The van der Waals surface area contributed by atoms with E-state index in [1.807, 2.05) is 0 Å². The van der Waals surface area contributed by atoms with Crippen LogP contribution in [-0.2, 0) is 4.74 Å². The minimum absolute atomic E-state index is 0.395. The van der Waals surface area contributed by atoms with Gasteiger partial charge < -0.3 is 10.1 Å². The molecule has 2 nitrogen and oxygen atoms in total. The fraction of sp³-hybridized carbons (Fsp3) is 0.571. The molecule has 2 rings (SSSR count). The molecule has 1 saturated carbocycles. The second kappa shape index (κ2) is 6.54. The Morgan fingerprint density at radius 3 is 2.65 bits per heavy atom. The Labute approximate surface area is 115 Å². The number of hydrogen-bond donors (Lipinski definition) is 1. The van der Waals surface area contributed by atoms with E-state index in [0.717, 1.165) is 12.8 Å². The number of nitrogens with one attached hydrogen (secondary N) is 1. The van der Waals surface area contributed by atoms with E-state index < -0.39 is 31.1 Å². The van der Waals surface area contributed by atoms with E-state index in [-0.39, 0.29) is 0 Å². The predicted octanol–water partition coefficient (Wildman–Crippen LogP) is 3.59. The third-order valence-corrected chi connectivity index (χ3v) is 3.09. The standard InChI is InChI=1S/C14H17F4NO/c15-11-3-1-2-10(8-11)13(9-19-12-4-5-12)20-7-6-14(16,17)18/h1-3,8,12-13,19H,4-7,9H2. The van der Waals surface area contributed by atoms with Crippen molar-refractivity contribution in [1.29, 1.82) is 0 Å². The van der Waals surface area contributed by atoms with Crippen LogP contribution < -0.4 is 5.32 Å². The number of alkyl halides is 3. The Morgan fingerprint density at radius 1 is 1.30 bits per heavy atom. The SMILES string of the molecule is Fc1cccc(C(CNC2CC2)OCCC(F)(F)F)c1. The number of hydrogen-bond acceptors (Lipinski definition) is 2. The van der Waals surface area contributed by atoms with Crippen molar-refractivity contribution in [2.75, 3.05) is 13.2 Å². The van der Waals surface area contributed by atoms with Gasteiger partial charge in [0.1, 0.15) is 5.82 Å². The van der Waals surface area contributed by atoms with E-state index in [1.54, 1.807) is 6.07 Å². The minimum Gasteiger partial charge on any atom is -0.372 e. The first kappa shape index (κ1) is 15.3. The second-order valence-electron chi connectivity index (χ2n) is 4.96. The molecule has 0 heterocycles. The highest BCUT2D eigenvalue weighted by Crippen LogP contribution is 2.25. The molecule has 0 spiro atoms. The number of rotatable bonds is 7. The monoisotopic (exact) mass is 291 g/mol. The van der Waals surface area contributed by atoms with Crippen molar-refractivity contribution in [1.82, 2.24) is 5.32 Å². The van der Waals surface area contributed by atoms with E-state index >= 15 is 0 Å². The van der Waals surface area contributed by atoms with Gasteiger partial charge in [0, 0.05) is 12.6 Å². The molecule has 0 amide bonds. The summed E-state index contributed by atoms with van der Waals surface area (Å²) in [5.74, 6) is -0.418. The molecule has 0 aromatic heterocycles. The molecule has 0 aliphatic heterocycles. The maximum atomic E-state index is 13.2. The Hall–Kier alpha value is -1.14. The highest BCUT2D eigenvalue weighted by atomic mass is 19.4. The molecular formula is C14H17F4NO. The quantitative estimate of drug-likeness (QED) is 0.775. The third kappa shape index (κ3) is 5.46. The van der Waals surface area contributed by atoms with Crippen molar-refractivity contribution in [3.05, 3.63) is 35.6 Å². The smallest absolute Gasteiger partial charge is 0.372 e. The highest BCUT2D eigenvalue weighted by Gasteiger charge is 2.28. The molecule has 1 N–H and O–H groups in total. The van der Waals surface area contributed by atoms with Crippen molar-refractivity contribution in [2.45, 2.75) is 37.6 Å². The van der Waals surface area contributed by atoms with Gasteiger partial charge in [0.05, 0.1) is 19.1 Å². The molecule has 1 aliphatic rings. The normalized spacial score (nSPS) is 17.2. The first-order valence-corrected chi connectivity index (χ1v) is 6.61. The van der Waals surface area contributed by atoms with Crippen LogP contribution in [-0.4, -0.2) is 25.4 Å². The van der Waals surface area contributed by atoms with Crippen LogP contribution in [0.2, 0.25) is 0 Å². The van der Waals surface area contributed by atoms with Gasteiger partial charge in [-0.05, 0) is 30.5 Å². The zero-order valence-electron chi connectivity index (χ0n) is 10.9. The maximum Gasteiger partial charge on any atom is 0.391 e. The molecule has 0 bridgehead atoms. The van der Waals surface area contributed by atoms with E-state index in [2.05, 4.69) is 5.32 Å². The number of ether oxygens (including phenoxy) is 1. The van der Waals surface area contributed by atoms with Crippen molar-refractivity contribution in [2.24, 2.45) is 0 Å². The fourth-order valence-corrected chi connectivity index (χ4v) is 1.86. The van der Waals surface area contributed by atoms with Crippen LogP contribution in [0.3, 0.4) is 0 Å². The lowest BCUT2D eigenvalue weighted by atomic mass is 10.1. The summed E-state index contributed by atoms with van der Waals surface area (Å²) in [6, 6.07) is 6.20. The van der Waals surface area contributed by atoms with Crippen LogP contribution in [0, 0.1) is 5.82 Å². The van der Waals surface area contributed by atoms with Crippen molar-refractivity contribution >= 4 is 0 Å². The lowest BCUT2D eigenvalue weighted by Gasteiger charge is -2.19. The van der Waals surface area contributed by atoms with Gasteiger partial charge >= 0.3 is 6.18 Å². The summed E-state index contributed by atoms with van der Waals surface area (Å²) in [5, 5.41) is 3.19. The second-order valence-corrected chi connectivity index (χ2v) is 4.96. The van der Waals surface area contributed by atoms with Crippen LogP contribution in [0.25, 0.3) is 0 Å². The van der Waals surface area contributed by atoms with Crippen LogP contribution in [0.4, 0.5) is 17.6 Å². The minimum atomic E-state index is -4.24. The molecule has 20 heavy (non-hydrogen) atoms. The molecule has 1 aliphatic carbocycles. The van der Waals surface area contributed by atoms with Gasteiger partial charge in [0.25, 0.3) is 0 Å². The van der Waals surface area contributed by atoms with Gasteiger partial charge in [-0.1, -0.05) is 12.1 Å². The highest BCUT2D eigenvalue weighted by molar-refractivity contribution is 5.19. The van der Waals surface area contributed by atoms with Crippen LogP contribution >= 0.6 is 0 Å². The lowest BCUT2D eigenvalue weighted by molar-refractivity contribution is -0.149. The summed E-state index contributed by atoms with van der Waals surface area (Å²) in [7, 11) is 0. The Bertz CT molecular complexity index is 431. The zero-order chi connectivity index (χ0) is 14.6. The van der Waals surface area contributed by atoms with Gasteiger partial charge in [-0.3, -0.25) is 0 Å². The molecule has 1 unspecified atom stereocenters. The Kier molecular flexibility index (Phi) is 4.99. The van der Waals surface area contributed by atoms with E-state index in [0.29, 0.717) is 18.2 Å². The third-order valence-electron chi connectivity index (χ3n) is 3.09. The summed E-state index contributed by atoms with van der Waals surface area (Å²) in [6.45, 7) is -0.0248. The van der Waals surface area contributed by atoms with Crippen LogP contribution in [0.5, 0.6) is 0 Å². The topological polar surface area (TPSA) is 21.3 Å². The summed E-state index contributed by atoms with van der Waals surface area (Å²) >= 11 is 0. The Morgan fingerprint density at radius 2 is 2.05 bits per heavy atom. The molecule has 112 valence electrons. The molecule has 1 fully saturated rings. The number of halogens is 4. The summed E-state index contributed by atoms with van der Waals surface area (Å²) in [4.78, 5) is 0. The van der Waals surface area contributed by atoms with Crippen molar-refractivity contribution < 1.29 is 22.3 Å². The van der Waals surface area contributed by atoms with Gasteiger partial charge in [-0.25, -0.2) is 4.39 Å². The van der Waals surface area contributed by atoms with E-state index in [9.17, 15) is 17.6 Å². The average molecular weight is 291 g/mol. The molecule has 0 saturated heterocycles. The maximum absolute atomic E-state index is 13.2.